The van der Waals surface area contributed by atoms with E-state index in [0.29, 0.717) is 15.8 Å². The Balaban J connectivity index is 2.05. The van der Waals surface area contributed by atoms with E-state index in [1.54, 1.807) is 12.1 Å². The molecule has 2 aromatic rings. The molecule has 0 heterocycles. The summed E-state index contributed by atoms with van der Waals surface area (Å²) < 4.78 is 0.990. The molecule has 0 aliphatic carbocycles. The van der Waals surface area contributed by atoms with Crippen molar-refractivity contribution in [1.82, 2.24) is 0 Å². The molecule has 98 valence electrons. The Morgan fingerprint density at radius 1 is 1.11 bits per heavy atom. The molecule has 0 atom stereocenters. The fourth-order valence-electron chi connectivity index (χ4n) is 1.43. The summed E-state index contributed by atoms with van der Waals surface area (Å²) in [4.78, 5) is 0. The highest BCUT2D eigenvalue weighted by Crippen LogP contribution is 2.26. The lowest BCUT2D eigenvalue weighted by Gasteiger charge is -2.12. The molecule has 0 aromatic heterocycles. The number of aromatic hydroxyl groups is 1. The Kier molecular flexibility index (Phi) is 4.63. The number of hydrogen-bond acceptors (Lipinski definition) is 2. The number of nitrogens with one attached hydrogen (secondary N) is 2. The summed E-state index contributed by atoms with van der Waals surface area (Å²) in [5, 5.41) is 16.5. The summed E-state index contributed by atoms with van der Waals surface area (Å²) in [6, 6.07) is 12.3. The minimum absolute atomic E-state index is 0.0874. The molecular formula is C13H10BrClN2OS. The number of anilines is 2. The molecule has 3 nitrogen and oxygen atoms in total. The molecule has 0 fully saturated rings. The second kappa shape index (κ2) is 6.23. The highest BCUT2D eigenvalue weighted by atomic mass is 79.9. The lowest BCUT2D eigenvalue weighted by Crippen LogP contribution is -2.19. The second-order valence-electron chi connectivity index (χ2n) is 3.75. The molecule has 0 spiro atoms. The maximum Gasteiger partial charge on any atom is 0.175 e. The molecule has 0 amide bonds. The minimum atomic E-state index is 0.0874. The fourth-order valence-corrected chi connectivity index (χ4v) is 2.09. The number of hydrogen-bond donors (Lipinski definition) is 3. The zero-order chi connectivity index (χ0) is 13.8. The van der Waals surface area contributed by atoms with Crippen LogP contribution in [0.5, 0.6) is 5.75 Å². The van der Waals surface area contributed by atoms with Gasteiger partial charge in [-0.15, -0.1) is 0 Å². The lowest BCUT2D eigenvalue weighted by molar-refractivity contribution is 0.478. The molecule has 2 rings (SSSR count). The van der Waals surface area contributed by atoms with E-state index in [4.69, 9.17) is 23.8 Å². The van der Waals surface area contributed by atoms with Crippen molar-refractivity contribution < 1.29 is 5.11 Å². The summed E-state index contributed by atoms with van der Waals surface area (Å²) in [6.45, 7) is 0. The number of benzene rings is 2. The van der Waals surface area contributed by atoms with E-state index in [1.165, 1.54) is 6.07 Å². The molecule has 0 radical (unpaired) electrons. The largest absolute Gasteiger partial charge is 0.506 e. The van der Waals surface area contributed by atoms with Crippen LogP contribution in [0, 0.1) is 0 Å². The van der Waals surface area contributed by atoms with E-state index in [0.717, 1.165) is 10.2 Å². The molecule has 19 heavy (non-hydrogen) atoms. The monoisotopic (exact) mass is 356 g/mol. The minimum Gasteiger partial charge on any atom is -0.506 e. The van der Waals surface area contributed by atoms with Crippen molar-refractivity contribution >= 4 is 56.2 Å². The third kappa shape index (κ3) is 4.09. The van der Waals surface area contributed by atoms with E-state index in [1.807, 2.05) is 24.3 Å². The zero-order valence-corrected chi connectivity index (χ0v) is 12.8. The van der Waals surface area contributed by atoms with Crippen LogP contribution >= 0.6 is 39.7 Å². The molecule has 0 aliphatic rings. The van der Waals surface area contributed by atoms with Crippen LogP contribution in [-0.2, 0) is 0 Å². The third-order valence-electron chi connectivity index (χ3n) is 2.31. The quantitative estimate of drug-likeness (QED) is 0.542. The van der Waals surface area contributed by atoms with Gasteiger partial charge in [-0.1, -0.05) is 27.5 Å². The average Bonchev–Trinajstić information content (AvgIpc) is 2.37. The van der Waals surface area contributed by atoms with E-state index in [-0.39, 0.29) is 5.75 Å². The predicted molar refractivity (Wildman–Crippen MR) is 87.1 cm³/mol. The van der Waals surface area contributed by atoms with Crippen LogP contribution in [0.15, 0.2) is 46.9 Å². The first-order valence-electron chi connectivity index (χ1n) is 5.37. The smallest absolute Gasteiger partial charge is 0.175 e. The number of phenols is 1. The number of phenolic OH excluding ortho intramolecular Hbond substituents is 1. The van der Waals surface area contributed by atoms with Crippen molar-refractivity contribution in [3.63, 3.8) is 0 Å². The van der Waals surface area contributed by atoms with Gasteiger partial charge in [0.25, 0.3) is 0 Å². The molecular weight excluding hydrogens is 348 g/mol. The number of rotatable bonds is 2. The lowest BCUT2D eigenvalue weighted by atomic mass is 10.3. The van der Waals surface area contributed by atoms with Crippen molar-refractivity contribution in [2.75, 3.05) is 10.6 Å². The van der Waals surface area contributed by atoms with Crippen LogP contribution in [0.25, 0.3) is 0 Å². The Hall–Kier alpha value is -1.30. The molecule has 2 aromatic carbocycles. The molecule has 0 saturated carbocycles. The van der Waals surface area contributed by atoms with Gasteiger partial charge in [-0.05, 0) is 54.7 Å². The van der Waals surface area contributed by atoms with Gasteiger partial charge < -0.3 is 15.7 Å². The molecule has 6 heteroatoms. The van der Waals surface area contributed by atoms with Crippen molar-refractivity contribution in [3.8, 4) is 5.75 Å². The van der Waals surface area contributed by atoms with Gasteiger partial charge in [-0.3, -0.25) is 0 Å². The SMILES string of the molecule is Oc1ccc(Cl)cc1NC(=S)Nc1ccc(Br)cc1. The van der Waals surface area contributed by atoms with Gasteiger partial charge in [0.2, 0.25) is 0 Å². The standard InChI is InChI=1S/C13H10BrClN2OS/c14-8-1-4-10(5-2-8)16-13(19)17-11-7-9(15)3-6-12(11)18/h1-7,18H,(H2,16,17,19). The topological polar surface area (TPSA) is 44.3 Å². The van der Waals surface area contributed by atoms with Crippen molar-refractivity contribution in [2.45, 2.75) is 0 Å². The Morgan fingerprint density at radius 3 is 2.47 bits per heavy atom. The van der Waals surface area contributed by atoms with Crippen LogP contribution < -0.4 is 10.6 Å². The van der Waals surface area contributed by atoms with Crippen LogP contribution in [0.2, 0.25) is 5.02 Å². The summed E-state index contributed by atoms with van der Waals surface area (Å²) >= 11 is 14.4. The van der Waals surface area contributed by atoms with Gasteiger partial charge in [0.15, 0.2) is 5.11 Å². The van der Waals surface area contributed by atoms with Crippen LogP contribution in [-0.4, -0.2) is 10.2 Å². The molecule has 0 unspecified atom stereocenters. The van der Waals surface area contributed by atoms with Crippen molar-refractivity contribution in [1.29, 1.82) is 0 Å². The van der Waals surface area contributed by atoms with Crippen LogP contribution in [0.3, 0.4) is 0 Å². The highest BCUT2D eigenvalue weighted by Gasteiger charge is 2.04. The Labute approximate surface area is 129 Å². The third-order valence-corrected chi connectivity index (χ3v) is 3.28. The molecule has 3 N–H and O–H groups in total. The first-order chi connectivity index (χ1) is 9.04. The van der Waals surface area contributed by atoms with E-state index in [9.17, 15) is 5.11 Å². The maximum absolute atomic E-state index is 9.67. The second-order valence-corrected chi connectivity index (χ2v) is 5.51. The molecule has 0 saturated heterocycles. The first kappa shape index (κ1) is 14.1. The molecule has 0 bridgehead atoms. The number of halogens is 2. The Bertz CT molecular complexity index is 604. The van der Waals surface area contributed by atoms with Gasteiger partial charge in [-0.2, -0.15) is 0 Å². The normalized spacial score (nSPS) is 10.0. The Morgan fingerprint density at radius 2 is 1.79 bits per heavy atom. The molecule has 0 aliphatic heterocycles. The summed E-state index contributed by atoms with van der Waals surface area (Å²) in [5.41, 5.74) is 1.31. The van der Waals surface area contributed by atoms with Crippen molar-refractivity contribution in [3.05, 3.63) is 52.0 Å². The average molecular weight is 358 g/mol. The predicted octanol–water partition coefficient (Wildman–Crippen LogP) is 4.62. The summed E-state index contributed by atoms with van der Waals surface area (Å²) in [7, 11) is 0. The summed E-state index contributed by atoms with van der Waals surface area (Å²) in [5.74, 6) is 0.0874. The van der Waals surface area contributed by atoms with Gasteiger partial charge >= 0.3 is 0 Å². The number of thiocarbonyl (C=S) groups is 1. The highest BCUT2D eigenvalue weighted by molar-refractivity contribution is 9.10. The van der Waals surface area contributed by atoms with Gasteiger partial charge in [0.05, 0.1) is 5.69 Å². The zero-order valence-electron chi connectivity index (χ0n) is 9.65. The van der Waals surface area contributed by atoms with Gasteiger partial charge in [0, 0.05) is 15.2 Å². The van der Waals surface area contributed by atoms with Crippen LogP contribution in [0.1, 0.15) is 0 Å². The van der Waals surface area contributed by atoms with Gasteiger partial charge in [0.1, 0.15) is 5.75 Å². The van der Waals surface area contributed by atoms with Crippen molar-refractivity contribution in [2.24, 2.45) is 0 Å². The van der Waals surface area contributed by atoms with Gasteiger partial charge in [-0.25, -0.2) is 0 Å². The fraction of sp³-hybridized carbons (Fsp3) is 0. The van der Waals surface area contributed by atoms with E-state index in [2.05, 4.69) is 26.6 Å². The van der Waals surface area contributed by atoms with Crippen LogP contribution in [0.4, 0.5) is 11.4 Å². The first-order valence-corrected chi connectivity index (χ1v) is 6.94. The summed E-state index contributed by atoms with van der Waals surface area (Å²) in [6.07, 6.45) is 0. The van der Waals surface area contributed by atoms with E-state index < -0.39 is 0 Å². The maximum atomic E-state index is 9.67. The van der Waals surface area contributed by atoms with E-state index >= 15 is 0 Å².